The Morgan fingerprint density at radius 1 is 1.61 bits per heavy atom. The summed E-state index contributed by atoms with van der Waals surface area (Å²) in [5, 5.41) is 6.84. The average molecular weight is 269 g/mol. The van der Waals surface area contributed by atoms with Crippen LogP contribution < -0.4 is 11.1 Å². The molecule has 18 heavy (non-hydrogen) atoms. The Bertz CT molecular complexity index is 391. The smallest absolute Gasteiger partial charge is 0.0941 e. The quantitative estimate of drug-likeness (QED) is 0.822. The van der Waals surface area contributed by atoms with Crippen LogP contribution in [-0.4, -0.2) is 30.8 Å². The molecule has 0 spiro atoms. The summed E-state index contributed by atoms with van der Waals surface area (Å²) in [4.78, 5) is 4.56. The first-order chi connectivity index (χ1) is 8.57. The Hall–Kier alpha value is -0.490. The highest BCUT2D eigenvalue weighted by Gasteiger charge is 2.48. The number of methoxy groups -OCH3 is 1. The van der Waals surface area contributed by atoms with Gasteiger partial charge in [0.1, 0.15) is 0 Å². The van der Waals surface area contributed by atoms with E-state index in [-0.39, 0.29) is 5.41 Å². The summed E-state index contributed by atoms with van der Waals surface area (Å²) in [7, 11) is 1.79. The summed E-state index contributed by atoms with van der Waals surface area (Å²) in [5.41, 5.74) is 6.86. The second-order valence-electron chi connectivity index (χ2n) is 5.49. The third-order valence-corrected chi connectivity index (χ3v) is 4.91. The minimum atomic E-state index is 0.213. The molecule has 1 saturated carbocycles. The van der Waals surface area contributed by atoms with E-state index in [1.165, 1.54) is 0 Å². The molecule has 1 fully saturated rings. The van der Waals surface area contributed by atoms with Crippen molar-refractivity contribution in [2.24, 2.45) is 11.1 Å². The molecule has 0 amide bonds. The SMILES string of the molecule is COC1CC(NCc2csc(CCN)n2)C1(C)C. The Balaban J connectivity index is 1.81. The van der Waals surface area contributed by atoms with Gasteiger partial charge >= 0.3 is 0 Å². The van der Waals surface area contributed by atoms with Crippen LogP contribution in [0.2, 0.25) is 0 Å². The molecule has 2 unspecified atom stereocenters. The molecule has 2 rings (SSSR count). The number of thiazole rings is 1. The van der Waals surface area contributed by atoms with E-state index >= 15 is 0 Å². The standard InChI is InChI=1S/C13H23N3OS/c1-13(2)10(6-11(13)17-3)15-7-9-8-18-12(16-9)4-5-14/h8,10-11,15H,4-7,14H2,1-3H3. The van der Waals surface area contributed by atoms with E-state index in [1.807, 2.05) is 0 Å². The summed E-state index contributed by atoms with van der Waals surface area (Å²) >= 11 is 1.70. The van der Waals surface area contributed by atoms with Crippen molar-refractivity contribution in [2.45, 2.75) is 45.4 Å². The molecule has 102 valence electrons. The highest BCUT2D eigenvalue weighted by Crippen LogP contribution is 2.42. The molecule has 0 saturated heterocycles. The van der Waals surface area contributed by atoms with Gasteiger partial charge < -0.3 is 15.8 Å². The summed E-state index contributed by atoms with van der Waals surface area (Å²) in [5.74, 6) is 0. The molecular weight excluding hydrogens is 246 g/mol. The highest BCUT2D eigenvalue weighted by atomic mass is 32.1. The average Bonchev–Trinajstić information content (AvgIpc) is 2.76. The minimum Gasteiger partial charge on any atom is -0.381 e. The third-order valence-electron chi connectivity index (χ3n) is 3.95. The van der Waals surface area contributed by atoms with E-state index in [1.54, 1.807) is 18.4 Å². The lowest BCUT2D eigenvalue weighted by Crippen LogP contribution is -2.60. The Morgan fingerprint density at radius 3 is 3.00 bits per heavy atom. The van der Waals surface area contributed by atoms with Gasteiger partial charge in [0.25, 0.3) is 0 Å². The summed E-state index contributed by atoms with van der Waals surface area (Å²) < 4.78 is 5.45. The normalized spacial score (nSPS) is 26.0. The number of hydrogen-bond donors (Lipinski definition) is 2. The molecule has 0 radical (unpaired) electrons. The first-order valence-electron chi connectivity index (χ1n) is 6.47. The lowest BCUT2D eigenvalue weighted by molar-refractivity contribution is -0.0979. The molecule has 1 aromatic heterocycles. The van der Waals surface area contributed by atoms with Gasteiger partial charge in [0, 0.05) is 36.9 Å². The molecule has 1 heterocycles. The number of ether oxygens (including phenoxy) is 1. The maximum Gasteiger partial charge on any atom is 0.0941 e. The number of aromatic nitrogens is 1. The van der Waals surface area contributed by atoms with Crippen LogP contribution in [0, 0.1) is 5.41 Å². The van der Waals surface area contributed by atoms with Crippen LogP contribution in [0.25, 0.3) is 0 Å². The predicted molar refractivity (Wildman–Crippen MR) is 74.7 cm³/mol. The fourth-order valence-corrected chi connectivity index (χ4v) is 3.34. The van der Waals surface area contributed by atoms with E-state index < -0.39 is 0 Å². The summed E-state index contributed by atoms with van der Waals surface area (Å²) in [6.07, 6.45) is 2.34. The fourth-order valence-electron chi connectivity index (χ4n) is 2.53. The Morgan fingerprint density at radius 2 is 2.39 bits per heavy atom. The summed E-state index contributed by atoms with van der Waals surface area (Å²) in [6.45, 7) is 6.02. The van der Waals surface area contributed by atoms with Crippen LogP contribution in [0.1, 0.15) is 31.0 Å². The van der Waals surface area contributed by atoms with Crippen molar-refractivity contribution in [3.8, 4) is 0 Å². The van der Waals surface area contributed by atoms with Gasteiger partial charge in [-0.15, -0.1) is 11.3 Å². The predicted octanol–water partition coefficient (Wildman–Crippen LogP) is 1.55. The van der Waals surface area contributed by atoms with Gasteiger partial charge in [-0.05, 0) is 13.0 Å². The Kier molecular flexibility index (Phi) is 4.37. The monoisotopic (exact) mass is 269 g/mol. The van der Waals surface area contributed by atoms with Crippen LogP contribution in [-0.2, 0) is 17.7 Å². The topological polar surface area (TPSA) is 60.2 Å². The fraction of sp³-hybridized carbons (Fsp3) is 0.769. The number of nitrogens with one attached hydrogen (secondary N) is 1. The maximum absolute atomic E-state index is 5.53. The van der Waals surface area contributed by atoms with E-state index in [0.717, 1.165) is 30.1 Å². The first-order valence-corrected chi connectivity index (χ1v) is 7.35. The lowest BCUT2D eigenvalue weighted by Gasteiger charge is -2.51. The minimum absolute atomic E-state index is 0.213. The van der Waals surface area contributed by atoms with Crippen molar-refractivity contribution >= 4 is 11.3 Å². The first kappa shape index (κ1) is 13.9. The molecule has 0 bridgehead atoms. The van der Waals surface area contributed by atoms with Crippen LogP contribution in [0.5, 0.6) is 0 Å². The number of rotatable bonds is 6. The van der Waals surface area contributed by atoms with Crippen LogP contribution in [0.15, 0.2) is 5.38 Å². The van der Waals surface area contributed by atoms with Crippen LogP contribution in [0.3, 0.4) is 0 Å². The van der Waals surface area contributed by atoms with Gasteiger partial charge in [0.2, 0.25) is 0 Å². The second kappa shape index (κ2) is 5.65. The van der Waals surface area contributed by atoms with Crippen LogP contribution in [0.4, 0.5) is 0 Å². The van der Waals surface area contributed by atoms with Crippen molar-refractivity contribution in [2.75, 3.05) is 13.7 Å². The van der Waals surface area contributed by atoms with Crippen molar-refractivity contribution in [3.05, 3.63) is 16.1 Å². The van der Waals surface area contributed by atoms with E-state index in [0.29, 0.717) is 18.7 Å². The zero-order valence-electron chi connectivity index (χ0n) is 11.4. The molecule has 2 atom stereocenters. The lowest BCUT2D eigenvalue weighted by atomic mass is 9.64. The number of hydrogen-bond acceptors (Lipinski definition) is 5. The second-order valence-corrected chi connectivity index (χ2v) is 6.43. The largest absolute Gasteiger partial charge is 0.381 e. The molecule has 0 aliphatic heterocycles. The highest BCUT2D eigenvalue weighted by molar-refractivity contribution is 7.09. The van der Waals surface area contributed by atoms with E-state index in [9.17, 15) is 0 Å². The molecule has 5 heteroatoms. The molecule has 1 aliphatic carbocycles. The Labute approximate surface area is 113 Å². The van der Waals surface area contributed by atoms with Gasteiger partial charge in [-0.2, -0.15) is 0 Å². The van der Waals surface area contributed by atoms with E-state index in [4.69, 9.17) is 10.5 Å². The van der Waals surface area contributed by atoms with Crippen molar-refractivity contribution in [1.29, 1.82) is 0 Å². The van der Waals surface area contributed by atoms with Gasteiger partial charge in [0.15, 0.2) is 0 Å². The van der Waals surface area contributed by atoms with Gasteiger partial charge in [-0.1, -0.05) is 13.8 Å². The maximum atomic E-state index is 5.53. The molecule has 3 N–H and O–H groups in total. The molecular formula is C13H23N3OS. The number of nitrogens with two attached hydrogens (primary N) is 1. The number of nitrogens with zero attached hydrogens (tertiary/aromatic N) is 1. The molecule has 0 aromatic carbocycles. The van der Waals surface area contributed by atoms with Gasteiger partial charge in [-0.25, -0.2) is 4.98 Å². The van der Waals surface area contributed by atoms with Crippen molar-refractivity contribution < 1.29 is 4.74 Å². The van der Waals surface area contributed by atoms with Crippen molar-refractivity contribution in [3.63, 3.8) is 0 Å². The molecule has 1 aliphatic rings. The zero-order valence-corrected chi connectivity index (χ0v) is 12.2. The van der Waals surface area contributed by atoms with Gasteiger partial charge in [-0.3, -0.25) is 0 Å². The van der Waals surface area contributed by atoms with E-state index in [2.05, 4.69) is 29.5 Å². The van der Waals surface area contributed by atoms with Crippen molar-refractivity contribution in [1.82, 2.24) is 10.3 Å². The van der Waals surface area contributed by atoms with Crippen LogP contribution >= 0.6 is 11.3 Å². The summed E-state index contributed by atoms with van der Waals surface area (Å²) in [6, 6.07) is 0.516. The molecule has 1 aromatic rings. The third kappa shape index (κ3) is 2.74. The molecule has 4 nitrogen and oxygen atoms in total. The zero-order chi connectivity index (χ0) is 13.2. The van der Waals surface area contributed by atoms with Gasteiger partial charge in [0.05, 0.1) is 16.8 Å².